The zero-order valence-electron chi connectivity index (χ0n) is 13.0. The highest BCUT2D eigenvalue weighted by molar-refractivity contribution is 6.31. The lowest BCUT2D eigenvalue weighted by Gasteiger charge is -2.08. The summed E-state index contributed by atoms with van der Waals surface area (Å²) >= 11 is 6.09. The maximum Gasteiger partial charge on any atom is 0.259 e. The number of rotatable bonds is 5. The van der Waals surface area contributed by atoms with Crippen molar-refractivity contribution < 1.29 is 9.18 Å². The molecule has 1 amide bonds. The second-order valence-electron chi connectivity index (χ2n) is 5.18. The van der Waals surface area contributed by atoms with Crippen LogP contribution in [0.4, 0.5) is 16.0 Å². The molecule has 0 aliphatic rings. The second kappa shape index (κ2) is 7.72. The summed E-state index contributed by atoms with van der Waals surface area (Å²) in [5.74, 6) is -0.407. The minimum Gasteiger partial charge on any atom is -0.364 e. The molecule has 25 heavy (non-hydrogen) atoms. The van der Waals surface area contributed by atoms with Crippen molar-refractivity contribution in [3.8, 4) is 0 Å². The van der Waals surface area contributed by atoms with Crippen molar-refractivity contribution in [3.05, 3.63) is 82.6 Å². The van der Waals surface area contributed by atoms with Crippen LogP contribution in [0.2, 0.25) is 5.02 Å². The van der Waals surface area contributed by atoms with E-state index in [0.717, 1.165) is 5.56 Å². The molecule has 0 bridgehead atoms. The van der Waals surface area contributed by atoms with Gasteiger partial charge >= 0.3 is 0 Å². The highest BCUT2D eigenvalue weighted by atomic mass is 35.5. The average molecular weight is 357 g/mol. The molecule has 0 radical (unpaired) electrons. The molecule has 0 saturated carbocycles. The number of amides is 1. The van der Waals surface area contributed by atoms with Crippen molar-refractivity contribution in [2.75, 3.05) is 10.6 Å². The molecule has 0 aliphatic heterocycles. The molecule has 0 spiro atoms. The molecule has 0 saturated heterocycles. The number of carbonyl (C=O) groups is 1. The van der Waals surface area contributed by atoms with Crippen LogP contribution in [0.5, 0.6) is 0 Å². The van der Waals surface area contributed by atoms with Gasteiger partial charge in [0.25, 0.3) is 5.91 Å². The third-order valence-corrected chi connectivity index (χ3v) is 3.81. The van der Waals surface area contributed by atoms with E-state index in [0.29, 0.717) is 17.4 Å². The third-order valence-electron chi connectivity index (χ3n) is 3.44. The first-order valence-electron chi connectivity index (χ1n) is 7.50. The van der Waals surface area contributed by atoms with Gasteiger partial charge < -0.3 is 10.6 Å². The van der Waals surface area contributed by atoms with Gasteiger partial charge in [0.2, 0.25) is 0 Å². The Morgan fingerprint density at radius 1 is 0.960 bits per heavy atom. The van der Waals surface area contributed by atoms with Crippen molar-refractivity contribution in [3.63, 3.8) is 0 Å². The van der Waals surface area contributed by atoms with Crippen LogP contribution in [-0.4, -0.2) is 16.1 Å². The molecule has 0 unspecified atom stereocenters. The Hall–Kier alpha value is -2.99. The predicted octanol–water partition coefficient (Wildman–Crippen LogP) is 4.13. The maximum atomic E-state index is 13.6. The quantitative estimate of drug-likeness (QED) is 0.721. The Labute approximate surface area is 148 Å². The minimum atomic E-state index is -0.592. The van der Waals surface area contributed by atoms with E-state index in [1.165, 1.54) is 18.2 Å². The van der Waals surface area contributed by atoms with Gasteiger partial charge in [-0.05, 0) is 35.9 Å². The van der Waals surface area contributed by atoms with E-state index >= 15 is 0 Å². The van der Waals surface area contributed by atoms with Gasteiger partial charge in [0, 0.05) is 11.6 Å². The Kier molecular flexibility index (Phi) is 5.20. The third kappa shape index (κ3) is 4.30. The number of aromatic nitrogens is 2. The summed E-state index contributed by atoms with van der Waals surface area (Å²) in [4.78, 5) is 12.0. The smallest absolute Gasteiger partial charge is 0.259 e. The standard InChI is InChI=1S/C18H14ClFN4O/c19-14-7-3-1-5-12(14)11-21-16-9-10-17(24-23-16)22-18(25)13-6-2-4-8-15(13)20/h1-10H,11H2,(H,21,23)(H,22,24,25). The van der Waals surface area contributed by atoms with Gasteiger partial charge in [-0.25, -0.2) is 4.39 Å². The highest BCUT2D eigenvalue weighted by Gasteiger charge is 2.11. The van der Waals surface area contributed by atoms with E-state index in [4.69, 9.17) is 11.6 Å². The molecule has 1 heterocycles. The number of benzene rings is 2. The summed E-state index contributed by atoms with van der Waals surface area (Å²) in [5.41, 5.74) is 0.883. The van der Waals surface area contributed by atoms with E-state index < -0.39 is 11.7 Å². The molecule has 3 aromatic rings. The van der Waals surface area contributed by atoms with Crippen LogP contribution in [0.25, 0.3) is 0 Å². The normalized spacial score (nSPS) is 10.3. The van der Waals surface area contributed by atoms with E-state index in [2.05, 4.69) is 20.8 Å². The summed E-state index contributed by atoms with van der Waals surface area (Å²) in [6, 6.07) is 16.5. The molecule has 7 heteroatoms. The first kappa shape index (κ1) is 16.9. The number of anilines is 2. The van der Waals surface area contributed by atoms with Gasteiger partial charge in [-0.15, -0.1) is 10.2 Å². The number of hydrogen-bond acceptors (Lipinski definition) is 4. The topological polar surface area (TPSA) is 66.9 Å². The minimum absolute atomic E-state index is 0.0507. The van der Waals surface area contributed by atoms with Crippen LogP contribution >= 0.6 is 11.6 Å². The van der Waals surface area contributed by atoms with E-state index in [1.807, 2.05) is 24.3 Å². The molecule has 0 fully saturated rings. The number of nitrogens with one attached hydrogen (secondary N) is 2. The number of nitrogens with zero attached hydrogens (tertiary/aromatic N) is 2. The van der Waals surface area contributed by atoms with Crippen molar-refractivity contribution in [2.45, 2.75) is 6.54 Å². The van der Waals surface area contributed by atoms with E-state index in [1.54, 1.807) is 18.2 Å². The summed E-state index contributed by atoms with van der Waals surface area (Å²) in [5, 5.41) is 14.2. The molecule has 0 atom stereocenters. The van der Waals surface area contributed by atoms with Crippen molar-refractivity contribution in [1.82, 2.24) is 10.2 Å². The molecule has 1 aromatic heterocycles. The van der Waals surface area contributed by atoms with Gasteiger partial charge in [-0.3, -0.25) is 4.79 Å². The van der Waals surface area contributed by atoms with Crippen LogP contribution in [0.3, 0.4) is 0 Å². The monoisotopic (exact) mass is 356 g/mol. The van der Waals surface area contributed by atoms with Crippen LogP contribution in [-0.2, 0) is 6.54 Å². The lowest BCUT2D eigenvalue weighted by molar-refractivity contribution is 0.102. The molecule has 2 N–H and O–H groups in total. The SMILES string of the molecule is O=C(Nc1ccc(NCc2ccccc2Cl)nn1)c1ccccc1F. The second-order valence-corrected chi connectivity index (χ2v) is 5.59. The molecular formula is C18H14ClFN4O. The fraction of sp³-hybridized carbons (Fsp3) is 0.0556. The zero-order chi connectivity index (χ0) is 17.6. The Morgan fingerprint density at radius 3 is 2.36 bits per heavy atom. The summed E-state index contributed by atoms with van der Waals surface area (Å²) in [6.07, 6.45) is 0. The van der Waals surface area contributed by atoms with Gasteiger partial charge in [-0.2, -0.15) is 0 Å². The van der Waals surface area contributed by atoms with Crippen molar-refractivity contribution in [2.24, 2.45) is 0 Å². The maximum absolute atomic E-state index is 13.6. The van der Waals surface area contributed by atoms with Crippen LogP contribution in [0, 0.1) is 5.82 Å². The number of carbonyl (C=O) groups excluding carboxylic acids is 1. The highest BCUT2D eigenvalue weighted by Crippen LogP contribution is 2.16. The Morgan fingerprint density at radius 2 is 1.64 bits per heavy atom. The van der Waals surface area contributed by atoms with Crippen molar-refractivity contribution in [1.29, 1.82) is 0 Å². The van der Waals surface area contributed by atoms with Gasteiger partial charge in [0.05, 0.1) is 5.56 Å². The Balaban J connectivity index is 1.62. The number of halogens is 2. The van der Waals surface area contributed by atoms with Crippen LogP contribution < -0.4 is 10.6 Å². The molecule has 0 aliphatic carbocycles. The van der Waals surface area contributed by atoms with Gasteiger partial charge in [0.15, 0.2) is 5.82 Å². The van der Waals surface area contributed by atoms with E-state index in [-0.39, 0.29) is 11.4 Å². The fourth-order valence-corrected chi connectivity index (χ4v) is 2.35. The average Bonchev–Trinajstić information content (AvgIpc) is 2.62. The lowest BCUT2D eigenvalue weighted by atomic mass is 10.2. The largest absolute Gasteiger partial charge is 0.364 e. The summed E-state index contributed by atoms with van der Waals surface area (Å²) < 4.78 is 13.6. The van der Waals surface area contributed by atoms with Crippen LogP contribution in [0.15, 0.2) is 60.7 Å². The van der Waals surface area contributed by atoms with Crippen molar-refractivity contribution >= 4 is 29.1 Å². The summed E-state index contributed by atoms with van der Waals surface area (Å²) in [6.45, 7) is 0.495. The van der Waals surface area contributed by atoms with E-state index in [9.17, 15) is 9.18 Å². The van der Waals surface area contributed by atoms with Crippen LogP contribution in [0.1, 0.15) is 15.9 Å². The molecule has 2 aromatic carbocycles. The molecule has 3 rings (SSSR count). The predicted molar refractivity (Wildman–Crippen MR) is 95.2 cm³/mol. The number of hydrogen-bond donors (Lipinski definition) is 2. The Bertz CT molecular complexity index is 886. The summed E-state index contributed by atoms with van der Waals surface area (Å²) in [7, 11) is 0. The first-order chi connectivity index (χ1) is 12.1. The molecule has 5 nitrogen and oxygen atoms in total. The first-order valence-corrected chi connectivity index (χ1v) is 7.88. The van der Waals surface area contributed by atoms with Gasteiger partial charge in [-0.1, -0.05) is 41.9 Å². The molecule has 126 valence electrons. The zero-order valence-corrected chi connectivity index (χ0v) is 13.8. The van der Waals surface area contributed by atoms with Gasteiger partial charge in [0.1, 0.15) is 11.6 Å². The lowest BCUT2D eigenvalue weighted by Crippen LogP contribution is -2.15. The molecular weight excluding hydrogens is 343 g/mol. The fourth-order valence-electron chi connectivity index (χ4n) is 2.15.